The lowest BCUT2D eigenvalue weighted by Gasteiger charge is -2.10. The Morgan fingerprint density at radius 1 is 1.30 bits per heavy atom. The lowest BCUT2D eigenvalue weighted by atomic mass is 10.1. The van der Waals surface area contributed by atoms with Crippen molar-refractivity contribution in [2.45, 2.75) is 13.5 Å². The molecule has 0 bridgehead atoms. The van der Waals surface area contributed by atoms with Crippen LogP contribution in [0.2, 0.25) is 0 Å². The van der Waals surface area contributed by atoms with Crippen LogP contribution in [0.4, 0.5) is 5.69 Å². The zero-order chi connectivity index (χ0) is 17.0. The third kappa shape index (κ3) is 4.19. The summed E-state index contributed by atoms with van der Waals surface area (Å²) in [7, 11) is 1.59. The normalized spacial score (nSPS) is 10.2. The second-order valence-corrected chi connectivity index (χ2v) is 6.07. The molecule has 1 amide bonds. The van der Waals surface area contributed by atoms with E-state index in [-0.39, 0.29) is 11.6 Å². The van der Waals surface area contributed by atoms with E-state index in [1.165, 1.54) is 12.1 Å². The first kappa shape index (κ1) is 17.2. The highest BCUT2D eigenvalue weighted by Crippen LogP contribution is 2.21. The van der Waals surface area contributed by atoms with Gasteiger partial charge in [0, 0.05) is 22.2 Å². The maximum Gasteiger partial charge on any atom is 0.270 e. The van der Waals surface area contributed by atoms with E-state index in [1.807, 2.05) is 47.7 Å². The molecule has 0 fully saturated rings. The Hall–Kier alpha value is -2.16. The summed E-state index contributed by atoms with van der Waals surface area (Å²) >= 11 is 1.98. The van der Waals surface area contributed by atoms with Crippen LogP contribution >= 0.6 is 22.6 Å². The number of non-ortho nitro benzene ring substituents is 1. The highest BCUT2D eigenvalue weighted by atomic mass is 127. The molecule has 0 aromatic heterocycles. The predicted molar refractivity (Wildman–Crippen MR) is 94.7 cm³/mol. The standard InChI is InChI=1S/C16H15IN2O4/c1-10-3-4-11(7-15(10)23-2)9-18-16(20)13-8-12(19(21)22)5-6-14(13)17/h3-8H,9H2,1-2H3,(H,18,20). The van der Waals surface area contributed by atoms with Crippen LogP contribution in [-0.2, 0) is 6.54 Å². The largest absolute Gasteiger partial charge is 0.496 e. The minimum Gasteiger partial charge on any atom is -0.496 e. The molecule has 0 saturated heterocycles. The van der Waals surface area contributed by atoms with Gasteiger partial charge in [-0.15, -0.1) is 0 Å². The third-order valence-corrected chi connectivity index (χ3v) is 4.27. The van der Waals surface area contributed by atoms with Gasteiger partial charge in [-0.25, -0.2) is 0 Å². The van der Waals surface area contributed by atoms with E-state index in [1.54, 1.807) is 13.2 Å². The molecule has 23 heavy (non-hydrogen) atoms. The molecular formula is C16H15IN2O4. The lowest BCUT2D eigenvalue weighted by Crippen LogP contribution is -2.23. The van der Waals surface area contributed by atoms with Crippen molar-refractivity contribution in [2.24, 2.45) is 0 Å². The number of rotatable bonds is 5. The van der Waals surface area contributed by atoms with E-state index in [0.29, 0.717) is 15.7 Å². The Labute approximate surface area is 147 Å². The van der Waals surface area contributed by atoms with Gasteiger partial charge in [0.2, 0.25) is 0 Å². The molecule has 0 radical (unpaired) electrons. The summed E-state index contributed by atoms with van der Waals surface area (Å²) in [6.07, 6.45) is 0. The summed E-state index contributed by atoms with van der Waals surface area (Å²) in [5.41, 5.74) is 2.09. The maximum absolute atomic E-state index is 12.3. The number of carbonyl (C=O) groups is 1. The molecule has 120 valence electrons. The van der Waals surface area contributed by atoms with Crippen LogP contribution in [0.15, 0.2) is 36.4 Å². The zero-order valence-electron chi connectivity index (χ0n) is 12.6. The Kier molecular flexibility index (Phi) is 5.54. The minimum atomic E-state index is -0.516. The number of benzene rings is 2. The molecule has 0 heterocycles. The van der Waals surface area contributed by atoms with E-state index >= 15 is 0 Å². The van der Waals surface area contributed by atoms with Crippen molar-refractivity contribution in [3.05, 3.63) is 66.8 Å². The van der Waals surface area contributed by atoms with Crippen LogP contribution in [0.3, 0.4) is 0 Å². The second kappa shape index (κ2) is 7.40. The van der Waals surface area contributed by atoms with Crippen molar-refractivity contribution < 1.29 is 14.5 Å². The second-order valence-electron chi connectivity index (χ2n) is 4.91. The summed E-state index contributed by atoms with van der Waals surface area (Å²) in [5, 5.41) is 13.6. The molecule has 1 N–H and O–H groups in total. The van der Waals surface area contributed by atoms with Crippen molar-refractivity contribution in [3.63, 3.8) is 0 Å². The highest BCUT2D eigenvalue weighted by Gasteiger charge is 2.15. The molecule has 2 aromatic carbocycles. The van der Waals surface area contributed by atoms with Gasteiger partial charge in [0.15, 0.2) is 0 Å². The van der Waals surface area contributed by atoms with Gasteiger partial charge in [-0.05, 0) is 52.8 Å². The van der Waals surface area contributed by atoms with E-state index < -0.39 is 4.92 Å². The van der Waals surface area contributed by atoms with Gasteiger partial charge in [0.25, 0.3) is 11.6 Å². The molecule has 0 aliphatic carbocycles. The average molecular weight is 426 g/mol. The number of nitro benzene ring substituents is 1. The number of methoxy groups -OCH3 is 1. The number of nitrogens with zero attached hydrogens (tertiary/aromatic N) is 1. The number of carbonyl (C=O) groups excluding carboxylic acids is 1. The van der Waals surface area contributed by atoms with Crippen LogP contribution in [0.5, 0.6) is 5.75 Å². The van der Waals surface area contributed by atoms with E-state index in [2.05, 4.69) is 5.32 Å². The number of amides is 1. The van der Waals surface area contributed by atoms with Gasteiger partial charge in [0.05, 0.1) is 17.6 Å². The smallest absolute Gasteiger partial charge is 0.270 e. The fraction of sp³-hybridized carbons (Fsp3) is 0.188. The van der Waals surface area contributed by atoms with E-state index in [0.717, 1.165) is 16.9 Å². The van der Waals surface area contributed by atoms with Crippen molar-refractivity contribution in [3.8, 4) is 5.75 Å². The van der Waals surface area contributed by atoms with Crippen LogP contribution < -0.4 is 10.1 Å². The first-order valence-electron chi connectivity index (χ1n) is 6.78. The van der Waals surface area contributed by atoms with Gasteiger partial charge in [0.1, 0.15) is 5.75 Å². The number of nitrogens with one attached hydrogen (secondary N) is 1. The van der Waals surface area contributed by atoms with Crippen molar-refractivity contribution in [1.82, 2.24) is 5.32 Å². The average Bonchev–Trinajstić information content (AvgIpc) is 2.53. The molecular weight excluding hydrogens is 411 g/mol. The quantitative estimate of drug-likeness (QED) is 0.451. The maximum atomic E-state index is 12.3. The summed E-state index contributed by atoms with van der Waals surface area (Å²) in [5.74, 6) is 0.402. The van der Waals surface area contributed by atoms with Crippen molar-refractivity contribution >= 4 is 34.2 Å². The van der Waals surface area contributed by atoms with Crippen molar-refractivity contribution in [2.75, 3.05) is 7.11 Å². The number of aryl methyl sites for hydroxylation is 1. The fourth-order valence-corrected chi connectivity index (χ4v) is 2.63. The molecule has 2 rings (SSSR count). The van der Waals surface area contributed by atoms with Gasteiger partial charge in [-0.1, -0.05) is 12.1 Å². The SMILES string of the molecule is COc1cc(CNC(=O)c2cc([N+](=O)[O-])ccc2I)ccc1C. The summed E-state index contributed by atoms with van der Waals surface area (Å²) < 4.78 is 5.91. The number of ether oxygens (including phenoxy) is 1. The third-order valence-electron chi connectivity index (χ3n) is 3.33. The van der Waals surface area contributed by atoms with E-state index in [9.17, 15) is 14.9 Å². The first-order chi connectivity index (χ1) is 10.9. The lowest BCUT2D eigenvalue weighted by molar-refractivity contribution is -0.384. The fourth-order valence-electron chi connectivity index (χ4n) is 2.05. The number of halogens is 1. The molecule has 0 spiro atoms. The predicted octanol–water partition coefficient (Wildman–Crippen LogP) is 3.45. The van der Waals surface area contributed by atoms with Crippen molar-refractivity contribution in [1.29, 1.82) is 0 Å². The van der Waals surface area contributed by atoms with Crippen LogP contribution in [-0.4, -0.2) is 17.9 Å². The molecule has 0 aliphatic rings. The summed E-state index contributed by atoms with van der Waals surface area (Å²) in [6.45, 7) is 2.25. The van der Waals surface area contributed by atoms with E-state index in [4.69, 9.17) is 4.74 Å². The van der Waals surface area contributed by atoms with Crippen LogP contribution in [0.25, 0.3) is 0 Å². The molecule has 6 nitrogen and oxygen atoms in total. The number of hydrogen-bond donors (Lipinski definition) is 1. The molecule has 2 aromatic rings. The first-order valence-corrected chi connectivity index (χ1v) is 7.86. The number of nitro groups is 1. The highest BCUT2D eigenvalue weighted by molar-refractivity contribution is 14.1. The zero-order valence-corrected chi connectivity index (χ0v) is 14.8. The Morgan fingerprint density at radius 2 is 2.04 bits per heavy atom. The molecule has 0 atom stereocenters. The van der Waals surface area contributed by atoms with Gasteiger partial charge >= 0.3 is 0 Å². The Morgan fingerprint density at radius 3 is 2.70 bits per heavy atom. The van der Waals surface area contributed by atoms with Crippen LogP contribution in [0, 0.1) is 20.6 Å². The number of hydrogen-bond acceptors (Lipinski definition) is 4. The minimum absolute atomic E-state index is 0.104. The molecule has 7 heteroatoms. The van der Waals surface area contributed by atoms with Gasteiger partial charge in [-0.2, -0.15) is 0 Å². The van der Waals surface area contributed by atoms with Crippen LogP contribution in [0.1, 0.15) is 21.5 Å². The molecule has 0 unspecified atom stereocenters. The topological polar surface area (TPSA) is 81.5 Å². The van der Waals surface area contributed by atoms with Gasteiger partial charge in [-0.3, -0.25) is 14.9 Å². The van der Waals surface area contributed by atoms with Gasteiger partial charge < -0.3 is 10.1 Å². The summed E-state index contributed by atoms with van der Waals surface area (Å²) in [4.78, 5) is 22.6. The molecule has 0 saturated carbocycles. The Bertz CT molecular complexity index is 762. The molecule has 0 aliphatic heterocycles. The monoisotopic (exact) mass is 426 g/mol. The Balaban J connectivity index is 2.14. The summed E-state index contributed by atoms with van der Waals surface area (Å²) in [6, 6.07) is 9.89.